The average molecular weight is 335 g/mol. The number of amides is 2. The fourth-order valence-electron chi connectivity index (χ4n) is 2.04. The minimum Gasteiger partial charge on any atom is -0.394 e. The largest absolute Gasteiger partial charge is 0.394 e. The Bertz CT molecular complexity index is 645. The zero-order valence-corrected chi connectivity index (χ0v) is 14.0. The van der Waals surface area contributed by atoms with E-state index < -0.39 is 0 Å². The van der Waals surface area contributed by atoms with Crippen LogP contribution in [0.1, 0.15) is 12.1 Å². The first-order valence-electron chi connectivity index (χ1n) is 7.32. The fraction of sp³-hybridized carbons (Fsp3) is 0.375. The number of aromatic nitrogens is 1. The molecule has 0 fully saturated rings. The summed E-state index contributed by atoms with van der Waals surface area (Å²) in [5.41, 5.74) is 2.61. The fourth-order valence-corrected chi connectivity index (χ4v) is 2.83. The van der Waals surface area contributed by atoms with Gasteiger partial charge in [-0.15, -0.1) is 11.3 Å². The summed E-state index contributed by atoms with van der Waals surface area (Å²) >= 11 is 1.57. The number of carbonyl (C=O) groups excluding carboxylic acids is 1. The molecule has 1 atom stereocenters. The normalized spacial score (nSPS) is 12.0. The summed E-state index contributed by atoms with van der Waals surface area (Å²) in [4.78, 5) is 16.4. The second kappa shape index (κ2) is 8.61. The van der Waals surface area contributed by atoms with E-state index >= 15 is 0 Å². The molecular weight excluding hydrogens is 314 g/mol. The molecule has 1 aromatic heterocycles. The molecule has 2 rings (SSSR count). The number of urea groups is 1. The third-order valence-corrected chi connectivity index (χ3v) is 4.22. The van der Waals surface area contributed by atoms with Crippen LogP contribution in [-0.2, 0) is 4.74 Å². The number of anilines is 1. The maximum atomic E-state index is 12.0. The van der Waals surface area contributed by atoms with E-state index in [2.05, 4.69) is 15.6 Å². The van der Waals surface area contributed by atoms with Crippen molar-refractivity contribution in [1.82, 2.24) is 10.3 Å². The van der Waals surface area contributed by atoms with Gasteiger partial charge in [0.15, 0.2) is 0 Å². The molecule has 0 saturated carbocycles. The molecule has 0 spiro atoms. The van der Waals surface area contributed by atoms with E-state index in [-0.39, 0.29) is 18.7 Å². The van der Waals surface area contributed by atoms with Crippen LogP contribution in [0, 0.1) is 6.92 Å². The van der Waals surface area contributed by atoms with E-state index in [4.69, 9.17) is 4.74 Å². The second-order valence-electron chi connectivity index (χ2n) is 5.13. The van der Waals surface area contributed by atoms with Gasteiger partial charge in [-0.25, -0.2) is 9.78 Å². The summed E-state index contributed by atoms with van der Waals surface area (Å²) < 4.78 is 4.95. The van der Waals surface area contributed by atoms with Gasteiger partial charge in [-0.05, 0) is 25.5 Å². The highest BCUT2D eigenvalue weighted by Crippen LogP contribution is 2.25. The number of rotatable bonds is 7. The summed E-state index contributed by atoms with van der Waals surface area (Å²) in [5.74, 6) is 0. The van der Waals surface area contributed by atoms with Crippen molar-refractivity contribution in [2.45, 2.75) is 19.4 Å². The average Bonchev–Trinajstić information content (AvgIpc) is 2.98. The number of nitrogens with one attached hydrogen (secondary N) is 2. The molecule has 1 heterocycles. The predicted octanol–water partition coefficient (Wildman–Crippen LogP) is 2.64. The Morgan fingerprint density at radius 3 is 2.96 bits per heavy atom. The summed E-state index contributed by atoms with van der Waals surface area (Å²) in [6.45, 7) is 2.30. The number of methoxy groups -OCH3 is 1. The molecule has 0 aliphatic heterocycles. The van der Waals surface area contributed by atoms with Crippen molar-refractivity contribution in [2.24, 2.45) is 0 Å². The van der Waals surface area contributed by atoms with Crippen molar-refractivity contribution in [3.05, 3.63) is 35.3 Å². The molecule has 0 aliphatic carbocycles. The van der Waals surface area contributed by atoms with E-state index in [0.717, 1.165) is 16.3 Å². The lowest BCUT2D eigenvalue weighted by atomic mass is 10.2. The molecule has 0 saturated heterocycles. The van der Waals surface area contributed by atoms with Gasteiger partial charge in [-0.1, -0.05) is 12.1 Å². The molecule has 2 aromatic rings. The smallest absolute Gasteiger partial charge is 0.319 e. The minimum atomic E-state index is -0.354. The first-order chi connectivity index (χ1) is 11.1. The first kappa shape index (κ1) is 17.4. The number of carbonyl (C=O) groups is 1. The maximum Gasteiger partial charge on any atom is 0.319 e. The van der Waals surface area contributed by atoms with E-state index in [0.29, 0.717) is 18.7 Å². The van der Waals surface area contributed by atoms with Crippen LogP contribution in [-0.4, -0.2) is 42.5 Å². The summed E-state index contributed by atoms with van der Waals surface area (Å²) in [5, 5.41) is 17.7. The summed E-state index contributed by atoms with van der Waals surface area (Å²) in [7, 11) is 1.58. The van der Waals surface area contributed by atoms with E-state index in [1.54, 1.807) is 18.4 Å². The third-order valence-electron chi connectivity index (χ3n) is 3.21. The van der Waals surface area contributed by atoms with E-state index in [1.165, 1.54) is 0 Å². The highest BCUT2D eigenvalue weighted by atomic mass is 32.1. The Morgan fingerprint density at radius 1 is 1.48 bits per heavy atom. The number of ether oxygens (including phenoxy) is 1. The molecule has 124 valence electrons. The van der Waals surface area contributed by atoms with Gasteiger partial charge in [0, 0.05) is 36.0 Å². The lowest BCUT2D eigenvalue weighted by Gasteiger charge is -2.16. The standard InChI is InChI=1S/C16H21N3O3S/c1-11-10-23-15(17-11)12-4-3-5-13(8-12)18-16(21)19-14(9-20)6-7-22-2/h3-5,8,10,14,20H,6-7,9H2,1-2H3,(H2,18,19,21). The second-order valence-corrected chi connectivity index (χ2v) is 5.99. The van der Waals surface area contributed by atoms with Crippen molar-refractivity contribution < 1.29 is 14.6 Å². The monoisotopic (exact) mass is 335 g/mol. The van der Waals surface area contributed by atoms with Gasteiger partial charge in [-0.3, -0.25) is 0 Å². The molecule has 0 bridgehead atoms. The molecule has 1 aromatic carbocycles. The highest BCUT2D eigenvalue weighted by Gasteiger charge is 2.11. The summed E-state index contributed by atoms with van der Waals surface area (Å²) in [6, 6.07) is 6.83. The predicted molar refractivity (Wildman–Crippen MR) is 91.8 cm³/mol. The van der Waals surface area contributed by atoms with Gasteiger partial charge in [0.25, 0.3) is 0 Å². The van der Waals surface area contributed by atoms with Crippen LogP contribution < -0.4 is 10.6 Å². The number of hydrogen-bond acceptors (Lipinski definition) is 5. The number of aryl methyl sites for hydroxylation is 1. The zero-order chi connectivity index (χ0) is 16.7. The number of thiazole rings is 1. The van der Waals surface area contributed by atoms with Crippen LogP contribution in [0.15, 0.2) is 29.6 Å². The van der Waals surface area contributed by atoms with Crippen molar-refractivity contribution in [3.63, 3.8) is 0 Å². The number of nitrogens with zero attached hydrogens (tertiary/aromatic N) is 1. The Morgan fingerprint density at radius 2 is 2.30 bits per heavy atom. The lowest BCUT2D eigenvalue weighted by molar-refractivity contribution is 0.161. The van der Waals surface area contributed by atoms with E-state index in [9.17, 15) is 9.90 Å². The molecule has 2 amide bonds. The van der Waals surface area contributed by atoms with Gasteiger partial charge >= 0.3 is 6.03 Å². The van der Waals surface area contributed by atoms with Crippen LogP contribution in [0.2, 0.25) is 0 Å². The van der Waals surface area contributed by atoms with Gasteiger partial charge in [0.1, 0.15) is 5.01 Å². The SMILES string of the molecule is COCCC(CO)NC(=O)Nc1cccc(-c2nc(C)cs2)c1. The van der Waals surface area contributed by atoms with Crippen LogP contribution in [0.4, 0.5) is 10.5 Å². The van der Waals surface area contributed by atoms with Crippen molar-refractivity contribution in [1.29, 1.82) is 0 Å². The van der Waals surface area contributed by atoms with Crippen molar-refractivity contribution in [3.8, 4) is 10.6 Å². The summed E-state index contributed by atoms with van der Waals surface area (Å²) in [6.07, 6.45) is 0.554. The maximum absolute atomic E-state index is 12.0. The number of benzene rings is 1. The van der Waals surface area contributed by atoms with Crippen molar-refractivity contribution >= 4 is 23.1 Å². The van der Waals surface area contributed by atoms with E-state index in [1.807, 2.05) is 36.6 Å². The Kier molecular flexibility index (Phi) is 6.52. The Labute approximate surface area is 139 Å². The highest BCUT2D eigenvalue weighted by molar-refractivity contribution is 7.13. The van der Waals surface area contributed by atoms with Crippen LogP contribution in [0.5, 0.6) is 0 Å². The zero-order valence-electron chi connectivity index (χ0n) is 13.2. The van der Waals surface area contributed by atoms with Gasteiger partial charge in [0.05, 0.1) is 12.6 Å². The first-order valence-corrected chi connectivity index (χ1v) is 8.20. The molecule has 23 heavy (non-hydrogen) atoms. The minimum absolute atomic E-state index is 0.130. The lowest BCUT2D eigenvalue weighted by Crippen LogP contribution is -2.40. The van der Waals surface area contributed by atoms with Crippen LogP contribution >= 0.6 is 11.3 Å². The number of aliphatic hydroxyl groups is 1. The molecule has 3 N–H and O–H groups in total. The Balaban J connectivity index is 1.98. The molecule has 0 radical (unpaired) electrons. The quantitative estimate of drug-likeness (QED) is 0.726. The third kappa shape index (κ3) is 5.31. The topological polar surface area (TPSA) is 83.5 Å². The molecule has 6 nitrogen and oxygen atoms in total. The molecular formula is C16H21N3O3S. The van der Waals surface area contributed by atoms with Crippen molar-refractivity contribution in [2.75, 3.05) is 25.6 Å². The molecule has 0 aliphatic rings. The van der Waals surface area contributed by atoms with Gasteiger partial charge < -0.3 is 20.5 Å². The Hall–Kier alpha value is -1.96. The van der Waals surface area contributed by atoms with Gasteiger partial charge in [-0.2, -0.15) is 0 Å². The van der Waals surface area contributed by atoms with Crippen LogP contribution in [0.3, 0.4) is 0 Å². The molecule has 7 heteroatoms. The number of hydrogen-bond donors (Lipinski definition) is 3. The van der Waals surface area contributed by atoms with Gasteiger partial charge in [0.2, 0.25) is 0 Å². The van der Waals surface area contributed by atoms with Crippen LogP contribution in [0.25, 0.3) is 10.6 Å². The number of aliphatic hydroxyl groups excluding tert-OH is 1. The molecule has 1 unspecified atom stereocenters.